The summed E-state index contributed by atoms with van der Waals surface area (Å²) >= 11 is 0. The third kappa shape index (κ3) is 2.47. The molecule has 0 radical (unpaired) electrons. The molecule has 7 nitrogen and oxygen atoms in total. The Bertz CT molecular complexity index is 862. The Morgan fingerprint density at radius 1 is 1.05 bits per heavy atom. The molecule has 1 aromatic heterocycles. The van der Waals surface area contributed by atoms with Crippen LogP contribution in [0.2, 0.25) is 0 Å². The van der Waals surface area contributed by atoms with E-state index in [4.69, 9.17) is 0 Å². The third-order valence-corrected chi connectivity index (χ3v) is 6.03. The molecule has 0 spiro atoms. The Labute approximate surface area is 122 Å². The first-order valence-electron chi connectivity index (χ1n) is 6.11. The van der Waals surface area contributed by atoms with Crippen LogP contribution in [-0.2, 0) is 33.1 Å². The Morgan fingerprint density at radius 2 is 1.71 bits per heavy atom. The highest BCUT2D eigenvalue weighted by Crippen LogP contribution is 2.25. The van der Waals surface area contributed by atoms with Crippen molar-refractivity contribution in [3.63, 3.8) is 0 Å². The number of aromatic nitrogens is 2. The van der Waals surface area contributed by atoms with Crippen molar-refractivity contribution in [3.8, 4) is 0 Å². The number of hydrogen-bond donors (Lipinski definition) is 0. The fourth-order valence-corrected chi connectivity index (χ4v) is 4.08. The molecule has 3 rings (SSSR count). The monoisotopic (exact) mass is 327 g/mol. The molecule has 0 bridgehead atoms. The topological polar surface area (TPSA) is 89.3 Å². The van der Waals surface area contributed by atoms with Gasteiger partial charge in [0.05, 0.1) is 23.4 Å². The molecular formula is C12H13N3O4S2. The predicted octanol–water partition coefficient (Wildman–Crippen LogP) is 0.395. The van der Waals surface area contributed by atoms with Gasteiger partial charge in [-0.3, -0.25) is 0 Å². The van der Waals surface area contributed by atoms with Gasteiger partial charge in [-0.1, -0.05) is 18.2 Å². The Hall–Kier alpha value is -1.71. The highest BCUT2D eigenvalue weighted by molar-refractivity contribution is 7.89. The quantitative estimate of drug-likeness (QED) is 0.814. The van der Waals surface area contributed by atoms with Gasteiger partial charge in [-0.25, -0.2) is 8.42 Å². The molecule has 0 unspecified atom stereocenters. The van der Waals surface area contributed by atoms with Crippen molar-refractivity contribution in [2.24, 2.45) is 0 Å². The molecule has 0 amide bonds. The molecule has 112 valence electrons. The van der Waals surface area contributed by atoms with Crippen LogP contribution in [0.4, 0.5) is 0 Å². The lowest BCUT2D eigenvalue weighted by Crippen LogP contribution is -2.25. The Morgan fingerprint density at radius 3 is 2.29 bits per heavy atom. The van der Waals surface area contributed by atoms with Crippen LogP contribution in [0, 0.1) is 0 Å². The van der Waals surface area contributed by atoms with Crippen molar-refractivity contribution >= 4 is 20.0 Å². The Balaban J connectivity index is 1.96. The fraction of sp³-hybridized carbons (Fsp3) is 0.250. The second-order valence-electron chi connectivity index (χ2n) is 4.82. The maximum Gasteiger partial charge on any atom is 0.282 e. The summed E-state index contributed by atoms with van der Waals surface area (Å²) in [7, 11) is -7.04. The van der Waals surface area contributed by atoms with Crippen LogP contribution in [-0.4, -0.2) is 36.6 Å². The minimum Gasteiger partial charge on any atom is -0.212 e. The number of benzene rings is 1. The molecule has 1 aromatic carbocycles. The lowest BCUT2D eigenvalue weighted by Gasteiger charge is -2.11. The second-order valence-corrected chi connectivity index (χ2v) is 8.60. The van der Waals surface area contributed by atoms with Gasteiger partial charge in [-0.15, -0.1) is 0 Å². The summed E-state index contributed by atoms with van der Waals surface area (Å²) in [5.74, 6) is 0. The minimum absolute atomic E-state index is 0.103. The summed E-state index contributed by atoms with van der Waals surface area (Å²) < 4.78 is 49.9. The van der Waals surface area contributed by atoms with Crippen LogP contribution < -0.4 is 0 Å². The van der Waals surface area contributed by atoms with Gasteiger partial charge >= 0.3 is 0 Å². The van der Waals surface area contributed by atoms with E-state index >= 15 is 0 Å². The zero-order valence-corrected chi connectivity index (χ0v) is 12.8. The predicted molar refractivity (Wildman–Crippen MR) is 75.3 cm³/mol. The average molecular weight is 327 g/mol. The van der Waals surface area contributed by atoms with Crippen molar-refractivity contribution in [2.75, 3.05) is 6.26 Å². The molecule has 0 saturated carbocycles. The van der Waals surface area contributed by atoms with Crippen LogP contribution in [0.1, 0.15) is 11.3 Å². The fourth-order valence-electron chi connectivity index (χ4n) is 2.16. The number of hydrogen-bond acceptors (Lipinski definition) is 5. The minimum atomic E-state index is -3.73. The van der Waals surface area contributed by atoms with Crippen LogP contribution in [0.15, 0.2) is 41.4 Å². The number of fused-ring (bicyclic) bond motifs is 1. The maximum atomic E-state index is 12.4. The van der Waals surface area contributed by atoms with Crippen molar-refractivity contribution < 1.29 is 16.8 Å². The van der Waals surface area contributed by atoms with Crippen molar-refractivity contribution in [1.82, 2.24) is 13.5 Å². The van der Waals surface area contributed by atoms with Gasteiger partial charge in [-0.2, -0.15) is 21.9 Å². The van der Waals surface area contributed by atoms with E-state index in [1.807, 2.05) is 0 Å². The molecule has 2 aromatic rings. The average Bonchev–Trinajstić information content (AvgIpc) is 2.97. The SMILES string of the molecule is CS(=O)(=O)N1Cc2cn(S(=O)(=O)c3ccccc3)nc2C1. The van der Waals surface area contributed by atoms with Crippen LogP contribution >= 0.6 is 0 Å². The largest absolute Gasteiger partial charge is 0.282 e. The van der Waals surface area contributed by atoms with Gasteiger partial charge in [0.15, 0.2) is 0 Å². The van der Waals surface area contributed by atoms with Gasteiger partial charge in [0.25, 0.3) is 10.0 Å². The molecule has 0 aliphatic carbocycles. The smallest absolute Gasteiger partial charge is 0.212 e. The highest BCUT2D eigenvalue weighted by Gasteiger charge is 2.30. The summed E-state index contributed by atoms with van der Waals surface area (Å²) in [6.45, 7) is 0.254. The van der Waals surface area contributed by atoms with Crippen molar-refractivity contribution in [2.45, 2.75) is 18.0 Å². The summed E-state index contributed by atoms with van der Waals surface area (Å²) in [5, 5.41) is 4.03. The molecule has 0 atom stereocenters. The number of sulfonamides is 1. The zero-order valence-electron chi connectivity index (χ0n) is 11.2. The van der Waals surface area contributed by atoms with Crippen molar-refractivity contribution in [3.05, 3.63) is 47.8 Å². The van der Waals surface area contributed by atoms with E-state index in [0.29, 0.717) is 11.3 Å². The first-order valence-corrected chi connectivity index (χ1v) is 9.40. The van der Waals surface area contributed by atoms with E-state index in [-0.39, 0.29) is 18.0 Å². The van der Waals surface area contributed by atoms with Gasteiger partial charge < -0.3 is 0 Å². The van der Waals surface area contributed by atoms with E-state index < -0.39 is 20.0 Å². The zero-order chi connectivity index (χ0) is 15.3. The van der Waals surface area contributed by atoms with Gasteiger partial charge in [0, 0.05) is 18.3 Å². The molecule has 0 N–H and O–H groups in total. The highest BCUT2D eigenvalue weighted by atomic mass is 32.2. The first-order chi connectivity index (χ1) is 9.78. The molecule has 0 saturated heterocycles. The standard InChI is InChI=1S/C12H13N3O4S2/c1-20(16,17)14-7-10-8-15(13-12(10)9-14)21(18,19)11-5-3-2-4-6-11/h2-6,8H,7,9H2,1H3. The summed E-state index contributed by atoms with van der Waals surface area (Å²) in [4.78, 5) is 0.145. The lowest BCUT2D eigenvalue weighted by atomic mass is 10.3. The number of nitrogens with zero attached hydrogens (tertiary/aromatic N) is 3. The summed E-state index contributed by atoms with van der Waals surface area (Å²) in [6.07, 6.45) is 2.50. The van der Waals surface area contributed by atoms with Gasteiger partial charge in [0.2, 0.25) is 10.0 Å². The van der Waals surface area contributed by atoms with Crippen LogP contribution in [0.3, 0.4) is 0 Å². The van der Waals surface area contributed by atoms with E-state index in [1.165, 1.54) is 22.6 Å². The van der Waals surface area contributed by atoms with E-state index in [0.717, 1.165) is 10.3 Å². The van der Waals surface area contributed by atoms with Crippen molar-refractivity contribution in [1.29, 1.82) is 0 Å². The van der Waals surface area contributed by atoms with Gasteiger partial charge in [0.1, 0.15) is 0 Å². The molecule has 21 heavy (non-hydrogen) atoms. The van der Waals surface area contributed by atoms with Crippen LogP contribution in [0.25, 0.3) is 0 Å². The van der Waals surface area contributed by atoms with Gasteiger partial charge in [-0.05, 0) is 12.1 Å². The summed E-state index contributed by atoms with van der Waals surface area (Å²) in [6, 6.07) is 7.98. The number of rotatable bonds is 3. The van der Waals surface area contributed by atoms with Crippen LogP contribution in [0.5, 0.6) is 0 Å². The molecule has 2 heterocycles. The maximum absolute atomic E-state index is 12.4. The van der Waals surface area contributed by atoms with E-state index in [2.05, 4.69) is 5.10 Å². The van der Waals surface area contributed by atoms with E-state index in [1.54, 1.807) is 18.2 Å². The van der Waals surface area contributed by atoms with E-state index in [9.17, 15) is 16.8 Å². The first kappa shape index (κ1) is 14.2. The Kier molecular flexibility index (Phi) is 3.15. The molecular weight excluding hydrogens is 314 g/mol. The lowest BCUT2D eigenvalue weighted by molar-refractivity contribution is 0.430. The molecule has 0 fully saturated rings. The normalized spacial score (nSPS) is 16.0. The third-order valence-electron chi connectivity index (χ3n) is 3.29. The molecule has 1 aliphatic rings. The molecule has 9 heteroatoms. The summed E-state index contributed by atoms with van der Waals surface area (Å²) in [5.41, 5.74) is 1.08. The second kappa shape index (κ2) is 4.65. The molecule has 1 aliphatic heterocycles.